The predicted molar refractivity (Wildman–Crippen MR) is 88.7 cm³/mol. The number of nitrogens with one attached hydrogen (secondary N) is 1. The zero-order valence-corrected chi connectivity index (χ0v) is 13.7. The molecule has 1 aliphatic carbocycles. The summed E-state index contributed by atoms with van der Waals surface area (Å²) in [6.45, 7) is 0. The Labute approximate surface area is 140 Å². The lowest BCUT2D eigenvalue weighted by molar-refractivity contribution is -0.137. The van der Waals surface area contributed by atoms with Crippen molar-refractivity contribution >= 4 is 27.3 Å². The minimum atomic E-state index is -4.32. The second kappa shape index (κ2) is 6.35. The number of nitrogens with zero attached hydrogens (tertiary/aromatic N) is 1. The molecule has 6 heteroatoms. The second-order valence-electron chi connectivity index (χ2n) is 5.37. The maximum atomic E-state index is 12.6. The molecule has 3 rings (SSSR count). The van der Waals surface area contributed by atoms with Gasteiger partial charge in [-0.2, -0.15) is 18.3 Å². The molecule has 0 aromatic heterocycles. The lowest BCUT2D eigenvalue weighted by Gasteiger charge is -2.19. The molecule has 120 valence electrons. The normalized spacial score (nSPS) is 16.3. The third-order valence-electron chi connectivity index (χ3n) is 3.78. The molecule has 2 nitrogen and oxygen atoms in total. The van der Waals surface area contributed by atoms with Gasteiger partial charge in [0, 0.05) is 10.0 Å². The fourth-order valence-electron chi connectivity index (χ4n) is 2.65. The Morgan fingerprint density at radius 3 is 2.43 bits per heavy atom. The maximum Gasteiger partial charge on any atom is 0.416 e. The lowest BCUT2D eigenvalue weighted by atomic mass is 9.90. The van der Waals surface area contributed by atoms with E-state index < -0.39 is 11.7 Å². The van der Waals surface area contributed by atoms with Crippen LogP contribution in [0, 0.1) is 0 Å². The Balaban J connectivity index is 1.82. The number of aryl methyl sites for hydroxylation is 1. The van der Waals surface area contributed by atoms with E-state index in [1.807, 2.05) is 12.1 Å². The van der Waals surface area contributed by atoms with Gasteiger partial charge >= 0.3 is 6.18 Å². The van der Waals surface area contributed by atoms with Crippen molar-refractivity contribution in [3.05, 3.63) is 63.6 Å². The van der Waals surface area contributed by atoms with Crippen LogP contribution in [0.15, 0.2) is 52.0 Å². The van der Waals surface area contributed by atoms with E-state index in [4.69, 9.17) is 0 Å². The molecular weight excluding hydrogens is 369 g/mol. The summed E-state index contributed by atoms with van der Waals surface area (Å²) in [5.41, 5.74) is 5.96. The molecule has 0 saturated carbocycles. The van der Waals surface area contributed by atoms with Crippen LogP contribution in [-0.2, 0) is 12.6 Å². The van der Waals surface area contributed by atoms with E-state index in [0.29, 0.717) is 5.69 Å². The summed E-state index contributed by atoms with van der Waals surface area (Å²) in [5.74, 6) is 0. The smallest absolute Gasteiger partial charge is 0.278 e. The zero-order chi connectivity index (χ0) is 16.4. The number of hydrogen-bond donors (Lipinski definition) is 1. The Kier molecular flexibility index (Phi) is 4.43. The topological polar surface area (TPSA) is 24.4 Å². The molecular formula is C17H14BrF3N2. The van der Waals surface area contributed by atoms with Gasteiger partial charge in [-0.3, -0.25) is 5.43 Å². The van der Waals surface area contributed by atoms with Crippen LogP contribution in [0.1, 0.15) is 29.5 Å². The fourth-order valence-corrected chi connectivity index (χ4v) is 3.29. The molecule has 0 radical (unpaired) electrons. The van der Waals surface area contributed by atoms with Crippen molar-refractivity contribution in [3.8, 4) is 0 Å². The van der Waals surface area contributed by atoms with Crippen molar-refractivity contribution in [1.29, 1.82) is 0 Å². The SMILES string of the molecule is FC(F)(F)c1ccc(NN=C2CCCc3cccc(Br)c32)cc1. The Hall–Kier alpha value is -1.82. The zero-order valence-electron chi connectivity index (χ0n) is 12.1. The number of hydrazone groups is 1. The molecule has 0 heterocycles. The highest BCUT2D eigenvalue weighted by Gasteiger charge is 2.29. The van der Waals surface area contributed by atoms with E-state index >= 15 is 0 Å². The molecule has 2 aromatic rings. The molecule has 0 unspecified atom stereocenters. The molecule has 0 atom stereocenters. The van der Waals surface area contributed by atoms with Gasteiger partial charge in [-0.1, -0.05) is 28.1 Å². The highest BCUT2D eigenvalue weighted by molar-refractivity contribution is 9.10. The summed E-state index contributed by atoms with van der Waals surface area (Å²) >= 11 is 3.55. The Morgan fingerprint density at radius 2 is 1.74 bits per heavy atom. The molecule has 23 heavy (non-hydrogen) atoms. The molecule has 0 aliphatic heterocycles. The molecule has 2 aromatic carbocycles. The first-order chi connectivity index (χ1) is 10.9. The van der Waals surface area contributed by atoms with Crippen molar-refractivity contribution in [3.63, 3.8) is 0 Å². The van der Waals surface area contributed by atoms with Crippen molar-refractivity contribution in [2.75, 3.05) is 5.43 Å². The first-order valence-electron chi connectivity index (χ1n) is 7.23. The third-order valence-corrected chi connectivity index (χ3v) is 4.44. The highest BCUT2D eigenvalue weighted by atomic mass is 79.9. The van der Waals surface area contributed by atoms with Crippen LogP contribution in [0.4, 0.5) is 18.9 Å². The molecule has 0 bridgehead atoms. The summed E-state index contributed by atoms with van der Waals surface area (Å²) < 4.78 is 38.6. The maximum absolute atomic E-state index is 12.6. The summed E-state index contributed by atoms with van der Waals surface area (Å²) in [6, 6.07) is 10.9. The first kappa shape index (κ1) is 16.1. The van der Waals surface area contributed by atoms with E-state index in [9.17, 15) is 13.2 Å². The number of benzene rings is 2. The standard InChI is InChI=1S/C17H14BrF3N2/c18-14-5-1-3-11-4-2-6-15(16(11)14)23-22-13-9-7-12(8-10-13)17(19,20)21/h1,3,5,7-10,22H,2,4,6H2. The quantitative estimate of drug-likeness (QED) is 0.669. The van der Waals surface area contributed by atoms with Gasteiger partial charge in [0.15, 0.2) is 0 Å². The van der Waals surface area contributed by atoms with Crippen LogP contribution in [0.25, 0.3) is 0 Å². The number of halogens is 4. The van der Waals surface area contributed by atoms with Gasteiger partial charge < -0.3 is 0 Å². The van der Waals surface area contributed by atoms with Gasteiger partial charge in [-0.15, -0.1) is 0 Å². The number of alkyl halides is 3. The van der Waals surface area contributed by atoms with E-state index in [-0.39, 0.29) is 0 Å². The van der Waals surface area contributed by atoms with Crippen LogP contribution in [0.2, 0.25) is 0 Å². The highest BCUT2D eigenvalue weighted by Crippen LogP contribution is 2.31. The molecule has 0 saturated heterocycles. The minimum Gasteiger partial charge on any atom is -0.278 e. The van der Waals surface area contributed by atoms with Crippen LogP contribution in [-0.4, -0.2) is 5.71 Å². The van der Waals surface area contributed by atoms with Crippen molar-refractivity contribution in [1.82, 2.24) is 0 Å². The largest absolute Gasteiger partial charge is 0.416 e. The van der Waals surface area contributed by atoms with Crippen LogP contribution >= 0.6 is 15.9 Å². The van der Waals surface area contributed by atoms with Gasteiger partial charge in [0.2, 0.25) is 0 Å². The summed E-state index contributed by atoms with van der Waals surface area (Å²) in [7, 11) is 0. The van der Waals surface area contributed by atoms with Gasteiger partial charge in [0.25, 0.3) is 0 Å². The number of fused-ring (bicyclic) bond motifs is 1. The van der Waals surface area contributed by atoms with Gasteiger partial charge in [0.05, 0.1) is 17.0 Å². The molecule has 0 fully saturated rings. The fraction of sp³-hybridized carbons (Fsp3) is 0.235. The number of hydrogen-bond acceptors (Lipinski definition) is 2. The summed E-state index contributed by atoms with van der Waals surface area (Å²) in [6.07, 6.45) is -1.47. The average Bonchev–Trinajstić information content (AvgIpc) is 2.52. The van der Waals surface area contributed by atoms with Crippen molar-refractivity contribution in [2.24, 2.45) is 5.10 Å². The van der Waals surface area contributed by atoms with Crippen LogP contribution in [0.5, 0.6) is 0 Å². The van der Waals surface area contributed by atoms with E-state index in [0.717, 1.165) is 47.1 Å². The average molecular weight is 383 g/mol. The van der Waals surface area contributed by atoms with Crippen LogP contribution < -0.4 is 5.43 Å². The lowest BCUT2D eigenvalue weighted by Crippen LogP contribution is -2.14. The molecule has 1 N–H and O–H groups in total. The van der Waals surface area contributed by atoms with E-state index in [2.05, 4.69) is 32.5 Å². The van der Waals surface area contributed by atoms with Gasteiger partial charge in [-0.25, -0.2) is 0 Å². The van der Waals surface area contributed by atoms with E-state index in [1.54, 1.807) is 0 Å². The van der Waals surface area contributed by atoms with Gasteiger partial charge in [-0.05, 0) is 55.2 Å². The number of rotatable bonds is 2. The monoisotopic (exact) mass is 382 g/mol. The molecule has 0 spiro atoms. The Bertz CT molecular complexity index is 736. The van der Waals surface area contributed by atoms with Crippen molar-refractivity contribution < 1.29 is 13.2 Å². The third kappa shape index (κ3) is 3.58. The summed E-state index contributed by atoms with van der Waals surface area (Å²) in [4.78, 5) is 0. The first-order valence-corrected chi connectivity index (χ1v) is 8.02. The Morgan fingerprint density at radius 1 is 1.00 bits per heavy atom. The second-order valence-corrected chi connectivity index (χ2v) is 6.23. The molecule has 1 aliphatic rings. The van der Waals surface area contributed by atoms with Crippen LogP contribution in [0.3, 0.4) is 0 Å². The minimum absolute atomic E-state index is 0.532. The van der Waals surface area contributed by atoms with E-state index in [1.165, 1.54) is 17.7 Å². The summed E-state index contributed by atoms with van der Waals surface area (Å²) in [5, 5.41) is 4.40. The number of anilines is 1. The predicted octanol–water partition coefficient (Wildman–Crippen LogP) is 5.62. The van der Waals surface area contributed by atoms with Crippen molar-refractivity contribution in [2.45, 2.75) is 25.4 Å². The van der Waals surface area contributed by atoms with Gasteiger partial charge in [0.1, 0.15) is 0 Å². The molecule has 0 amide bonds.